The summed E-state index contributed by atoms with van der Waals surface area (Å²) >= 11 is 0. The van der Waals surface area contributed by atoms with E-state index in [9.17, 15) is 4.39 Å². The van der Waals surface area contributed by atoms with E-state index in [1.54, 1.807) is 0 Å². The maximum absolute atomic E-state index is 13.4. The van der Waals surface area contributed by atoms with E-state index >= 15 is 0 Å². The number of aryl methyl sites for hydroxylation is 2. The van der Waals surface area contributed by atoms with Crippen molar-refractivity contribution in [3.8, 4) is 11.1 Å². The molecule has 1 aliphatic heterocycles. The summed E-state index contributed by atoms with van der Waals surface area (Å²) in [6, 6.07) is 16.7. The van der Waals surface area contributed by atoms with Crippen molar-refractivity contribution in [2.75, 3.05) is 31.1 Å². The van der Waals surface area contributed by atoms with Gasteiger partial charge >= 0.3 is 0 Å². The number of nitrogens with zero attached hydrogens (tertiary/aromatic N) is 5. The highest BCUT2D eigenvalue weighted by molar-refractivity contribution is 5.85. The van der Waals surface area contributed by atoms with Gasteiger partial charge in [0, 0.05) is 55.4 Å². The van der Waals surface area contributed by atoms with Crippen LogP contribution in [0.5, 0.6) is 0 Å². The molecule has 184 valence electrons. The van der Waals surface area contributed by atoms with Crippen molar-refractivity contribution in [1.82, 2.24) is 25.1 Å². The van der Waals surface area contributed by atoms with Crippen LogP contribution in [0, 0.1) is 19.7 Å². The Morgan fingerprint density at radius 2 is 1.57 bits per heavy atom. The number of aromatic nitrogens is 4. The molecule has 0 spiro atoms. The molecule has 3 aromatic heterocycles. The van der Waals surface area contributed by atoms with Crippen molar-refractivity contribution >= 4 is 30.6 Å². The number of anilines is 1. The van der Waals surface area contributed by atoms with Gasteiger partial charge in [0.1, 0.15) is 11.6 Å². The number of benzene rings is 1. The Morgan fingerprint density at radius 3 is 2.20 bits per heavy atom. The first-order valence-corrected chi connectivity index (χ1v) is 11.2. The van der Waals surface area contributed by atoms with E-state index in [-0.39, 0.29) is 36.7 Å². The van der Waals surface area contributed by atoms with Gasteiger partial charge in [0.15, 0.2) is 0 Å². The molecule has 1 aliphatic rings. The van der Waals surface area contributed by atoms with Gasteiger partial charge in [0.25, 0.3) is 0 Å². The van der Waals surface area contributed by atoms with E-state index in [4.69, 9.17) is 9.97 Å². The summed E-state index contributed by atoms with van der Waals surface area (Å²) < 4.78 is 13.4. The van der Waals surface area contributed by atoms with Crippen molar-refractivity contribution in [1.29, 1.82) is 0 Å². The minimum atomic E-state index is -0.233. The van der Waals surface area contributed by atoms with Gasteiger partial charge < -0.3 is 4.90 Å². The average molecular weight is 515 g/mol. The number of halogens is 3. The second kappa shape index (κ2) is 11.6. The lowest BCUT2D eigenvalue weighted by Crippen LogP contribution is -2.48. The molecule has 1 unspecified atom stereocenters. The lowest BCUT2D eigenvalue weighted by Gasteiger charge is -2.40. The van der Waals surface area contributed by atoms with Gasteiger partial charge in [-0.15, -0.1) is 24.8 Å². The van der Waals surface area contributed by atoms with E-state index in [0.29, 0.717) is 0 Å². The Bertz CT molecular complexity index is 1200. The van der Waals surface area contributed by atoms with Crippen molar-refractivity contribution < 1.29 is 4.39 Å². The minimum Gasteiger partial charge on any atom is -0.354 e. The van der Waals surface area contributed by atoms with Crippen LogP contribution in [-0.2, 0) is 0 Å². The van der Waals surface area contributed by atoms with E-state index in [1.165, 1.54) is 17.7 Å². The van der Waals surface area contributed by atoms with Crippen LogP contribution in [0.15, 0.2) is 67.0 Å². The summed E-state index contributed by atoms with van der Waals surface area (Å²) in [7, 11) is 0. The molecule has 4 heterocycles. The number of pyridine rings is 2. The zero-order valence-corrected chi connectivity index (χ0v) is 21.3. The fourth-order valence-corrected chi connectivity index (χ4v) is 4.71. The molecule has 5 rings (SSSR count). The predicted molar refractivity (Wildman–Crippen MR) is 142 cm³/mol. The molecule has 1 fully saturated rings. The molecule has 0 radical (unpaired) electrons. The van der Waals surface area contributed by atoms with Crippen molar-refractivity contribution in [3.63, 3.8) is 0 Å². The van der Waals surface area contributed by atoms with Gasteiger partial charge in [-0.1, -0.05) is 18.2 Å². The number of H-pyrrole nitrogens is 1. The standard InChI is InChI=1S/C26H27FN6.2ClH/c1-18-24(19(2)31-30-18)25(23-7-3-4-12-28-23)32-14-16-33(17-15-32)26-22(6-5-13-29-26)20-8-10-21(27)11-9-20;;/h3-13,25H,14-17H2,1-2H3,(H,30,31);2*1H. The van der Waals surface area contributed by atoms with Crippen LogP contribution in [0.4, 0.5) is 10.2 Å². The second-order valence-electron chi connectivity index (χ2n) is 8.41. The van der Waals surface area contributed by atoms with Gasteiger partial charge in [-0.25, -0.2) is 9.37 Å². The van der Waals surface area contributed by atoms with Crippen molar-refractivity contribution in [2.45, 2.75) is 19.9 Å². The van der Waals surface area contributed by atoms with E-state index in [1.807, 2.05) is 49.6 Å². The quantitative estimate of drug-likeness (QED) is 0.387. The Balaban J connectivity index is 0.00000171. The minimum absolute atomic E-state index is 0. The van der Waals surface area contributed by atoms with Gasteiger partial charge in [-0.2, -0.15) is 5.10 Å². The normalized spacial score (nSPS) is 14.7. The molecule has 0 amide bonds. The Hall–Kier alpha value is -3.00. The maximum atomic E-state index is 13.4. The maximum Gasteiger partial charge on any atom is 0.136 e. The van der Waals surface area contributed by atoms with E-state index in [0.717, 1.165) is 60.2 Å². The van der Waals surface area contributed by atoms with Crippen LogP contribution in [0.1, 0.15) is 28.7 Å². The first-order valence-electron chi connectivity index (χ1n) is 11.2. The summed E-state index contributed by atoms with van der Waals surface area (Å²) in [6.45, 7) is 7.53. The third-order valence-corrected chi connectivity index (χ3v) is 6.35. The topological polar surface area (TPSA) is 60.9 Å². The van der Waals surface area contributed by atoms with Crippen molar-refractivity contribution in [2.24, 2.45) is 0 Å². The summed E-state index contributed by atoms with van der Waals surface area (Å²) in [5.74, 6) is 0.706. The molecule has 1 atom stereocenters. The smallest absolute Gasteiger partial charge is 0.136 e. The van der Waals surface area contributed by atoms with Crippen LogP contribution >= 0.6 is 24.8 Å². The molecule has 1 saturated heterocycles. The molecule has 1 aromatic carbocycles. The van der Waals surface area contributed by atoms with E-state index in [2.05, 4.69) is 39.1 Å². The van der Waals surface area contributed by atoms with Gasteiger partial charge in [0.05, 0.1) is 17.4 Å². The molecule has 0 saturated carbocycles. The van der Waals surface area contributed by atoms with Crippen LogP contribution in [0.25, 0.3) is 11.1 Å². The Labute approximate surface area is 217 Å². The molecule has 6 nitrogen and oxygen atoms in total. The summed E-state index contributed by atoms with van der Waals surface area (Å²) in [4.78, 5) is 14.2. The number of nitrogens with one attached hydrogen (secondary N) is 1. The lowest BCUT2D eigenvalue weighted by molar-refractivity contribution is 0.208. The predicted octanol–water partition coefficient (Wildman–Crippen LogP) is 5.38. The molecule has 0 aliphatic carbocycles. The zero-order valence-electron chi connectivity index (χ0n) is 19.7. The number of hydrogen-bond acceptors (Lipinski definition) is 5. The monoisotopic (exact) mass is 514 g/mol. The van der Waals surface area contributed by atoms with Gasteiger partial charge in [-0.3, -0.25) is 15.0 Å². The first kappa shape index (κ1) is 26.6. The fourth-order valence-electron chi connectivity index (χ4n) is 4.71. The largest absolute Gasteiger partial charge is 0.354 e. The Morgan fingerprint density at radius 1 is 0.857 bits per heavy atom. The van der Waals surface area contributed by atoms with Crippen LogP contribution < -0.4 is 4.90 Å². The van der Waals surface area contributed by atoms with Gasteiger partial charge in [-0.05, 0) is 55.8 Å². The van der Waals surface area contributed by atoms with Crippen molar-refractivity contribution in [3.05, 3.63) is 95.5 Å². The second-order valence-corrected chi connectivity index (χ2v) is 8.41. The fraction of sp³-hybridized carbons (Fsp3) is 0.269. The summed E-state index contributed by atoms with van der Waals surface area (Å²) in [5.41, 5.74) is 6.31. The van der Waals surface area contributed by atoms with Gasteiger partial charge in [0.2, 0.25) is 0 Å². The molecule has 9 heteroatoms. The number of piperazine rings is 1. The average Bonchev–Trinajstić information content (AvgIpc) is 3.19. The lowest BCUT2D eigenvalue weighted by atomic mass is 9.98. The van der Waals surface area contributed by atoms with E-state index < -0.39 is 0 Å². The molecular weight excluding hydrogens is 486 g/mol. The zero-order chi connectivity index (χ0) is 22.8. The van der Waals surface area contributed by atoms with Crippen LogP contribution in [-0.4, -0.2) is 51.2 Å². The molecule has 0 bridgehead atoms. The highest BCUT2D eigenvalue weighted by atomic mass is 35.5. The Kier molecular flexibility index (Phi) is 8.83. The first-order chi connectivity index (χ1) is 16.1. The summed E-state index contributed by atoms with van der Waals surface area (Å²) in [6.07, 6.45) is 3.68. The molecule has 1 N–H and O–H groups in total. The summed E-state index contributed by atoms with van der Waals surface area (Å²) in [5, 5.41) is 7.58. The number of rotatable bonds is 5. The third kappa shape index (κ3) is 5.48. The molecular formula is C26H29Cl2FN6. The molecule has 4 aromatic rings. The molecule has 35 heavy (non-hydrogen) atoms. The highest BCUT2D eigenvalue weighted by Gasteiger charge is 2.31. The number of hydrogen-bond donors (Lipinski definition) is 1. The SMILES string of the molecule is Cc1n[nH]c(C)c1C(c1ccccn1)N1CCN(c2ncccc2-c2ccc(F)cc2)CC1.Cl.Cl. The van der Waals surface area contributed by atoms with Crippen LogP contribution in [0.2, 0.25) is 0 Å². The third-order valence-electron chi connectivity index (χ3n) is 6.35. The highest BCUT2D eigenvalue weighted by Crippen LogP contribution is 2.34. The van der Waals surface area contributed by atoms with Crippen LogP contribution in [0.3, 0.4) is 0 Å². The number of aromatic amines is 1.